The Morgan fingerprint density at radius 2 is 1.59 bits per heavy atom. The highest BCUT2D eigenvalue weighted by Crippen LogP contribution is 2.12. The first-order valence-electron chi connectivity index (χ1n) is 9.31. The molecule has 1 aliphatic heterocycles. The molecule has 0 spiro atoms. The number of carbonyl (C=O) groups is 1. The molecule has 1 N–H and O–H groups in total. The number of nitrogens with zero attached hydrogens (tertiary/aromatic N) is 2. The van der Waals surface area contributed by atoms with Crippen molar-refractivity contribution < 1.29 is 13.6 Å². The van der Waals surface area contributed by atoms with Crippen LogP contribution in [0.3, 0.4) is 0 Å². The first kappa shape index (κ1) is 19.5. The molecule has 3 rings (SSSR count). The van der Waals surface area contributed by atoms with Crippen molar-refractivity contribution in [2.75, 3.05) is 32.7 Å². The minimum atomic E-state index is -0.729. The van der Waals surface area contributed by atoms with Crippen LogP contribution < -0.4 is 5.32 Å². The Morgan fingerprint density at radius 1 is 0.963 bits per heavy atom. The summed E-state index contributed by atoms with van der Waals surface area (Å²) in [5.41, 5.74) is 1.86. The Balaban J connectivity index is 1.50. The van der Waals surface area contributed by atoms with Gasteiger partial charge in [-0.15, -0.1) is 0 Å². The zero-order valence-corrected chi connectivity index (χ0v) is 15.5. The molecule has 2 aromatic rings. The largest absolute Gasteiger partial charge is 0.348 e. The third-order valence-electron chi connectivity index (χ3n) is 4.97. The summed E-state index contributed by atoms with van der Waals surface area (Å²) in [6, 6.07) is 10.9. The van der Waals surface area contributed by atoms with Crippen LogP contribution in [0.5, 0.6) is 0 Å². The zero-order chi connectivity index (χ0) is 19.2. The monoisotopic (exact) mass is 373 g/mol. The van der Waals surface area contributed by atoms with Crippen LogP contribution in [-0.4, -0.2) is 48.4 Å². The Morgan fingerprint density at radius 3 is 2.26 bits per heavy atom. The van der Waals surface area contributed by atoms with Crippen molar-refractivity contribution in [1.82, 2.24) is 15.1 Å². The molecule has 1 amide bonds. The van der Waals surface area contributed by atoms with Crippen molar-refractivity contribution in [3.05, 3.63) is 70.8 Å². The molecule has 1 saturated heterocycles. The Kier molecular flexibility index (Phi) is 6.53. The van der Waals surface area contributed by atoms with E-state index in [0.717, 1.165) is 63.0 Å². The van der Waals surface area contributed by atoms with Gasteiger partial charge >= 0.3 is 0 Å². The number of amides is 1. The molecule has 27 heavy (non-hydrogen) atoms. The second-order valence-electron chi connectivity index (χ2n) is 6.83. The number of likely N-dealkylation sites (N-methyl/N-ethyl adjacent to an activating group) is 1. The molecule has 0 bridgehead atoms. The second kappa shape index (κ2) is 9.06. The van der Waals surface area contributed by atoms with Crippen molar-refractivity contribution >= 4 is 5.91 Å². The van der Waals surface area contributed by atoms with E-state index >= 15 is 0 Å². The fourth-order valence-electron chi connectivity index (χ4n) is 3.23. The smallest absolute Gasteiger partial charge is 0.254 e. The molecule has 0 saturated carbocycles. The minimum absolute atomic E-state index is 0.268. The van der Waals surface area contributed by atoms with Crippen LogP contribution in [0.2, 0.25) is 0 Å². The van der Waals surface area contributed by atoms with Gasteiger partial charge in [0.15, 0.2) is 0 Å². The maximum atomic E-state index is 13.6. The molecule has 0 unspecified atom stereocenters. The lowest BCUT2D eigenvalue weighted by Crippen LogP contribution is -2.45. The second-order valence-corrected chi connectivity index (χ2v) is 6.83. The summed E-state index contributed by atoms with van der Waals surface area (Å²) in [4.78, 5) is 16.9. The molecule has 6 heteroatoms. The number of nitrogens with one attached hydrogen (secondary N) is 1. The SMILES string of the molecule is CCN1CCN(Cc2ccc(CNC(=O)c3cc(F)ccc3F)cc2)CC1. The number of halogens is 2. The van der Waals surface area contributed by atoms with Gasteiger partial charge in [-0.3, -0.25) is 9.69 Å². The lowest BCUT2D eigenvalue weighted by Gasteiger charge is -2.34. The molecule has 4 nitrogen and oxygen atoms in total. The predicted molar refractivity (Wildman–Crippen MR) is 101 cm³/mol. The van der Waals surface area contributed by atoms with Gasteiger partial charge in [0.2, 0.25) is 0 Å². The number of carbonyl (C=O) groups excluding carboxylic acids is 1. The maximum Gasteiger partial charge on any atom is 0.254 e. The number of hydrogen-bond donors (Lipinski definition) is 1. The number of hydrogen-bond acceptors (Lipinski definition) is 3. The van der Waals surface area contributed by atoms with E-state index < -0.39 is 17.5 Å². The topological polar surface area (TPSA) is 35.6 Å². The molecule has 144 valence electrons. The van der Waals surface area contributed by atoms with E-state index in [1.54, 1.807) is 0 Å². The fraction of sp³-hybridized carbons (Fsp3) is 0.381. The van der Waals surface area contributed by atoms with Crippen molar-refractivity contribution in [2.45, 2.75) is 20.0 Å². The summed E-state index contributed by atoms with van der Waals surface area (Å²) in [5.74, 6) is -1.98. The van der Waals surface area contributed by atoms with Crippen LogP contribution in [0.1, 0.15) is 28.4 Å². The summed E-state index contributed by atoms with van der Waals surface area (Å²) in [7, 11) is 0. The molecule has 1 aliphatic rings. The van der Waals surface area contributed by atoms with Crippen molar-refractivity contribution in [1.29, 1.82) is 0 Å². The van der Waals surface area contributed by atoms with E-state index in [4.69, 9.17) is 0 Å². The molecule has 2 aromatic carbocycles. The lowest BCUT2D eigenvalue weighted by molar-refractivity contribution is 0.0946. The standard InChI is InChI=1S/C21H25F2N3O/c1-2-25-9-11-26(12-10-25)15-17-5-3-16(4-6-17)14-24-21(27)19-13-18(22)7-8-20(19)23/h3-8,13H,2,9-12,14-15H2,1H3,(H,24,27). The molecule has 0 radical (unpaired) electrons. The molecule has 0 aliphatic carbocycles. The highest BCUT2D eigenvalue weighted by atomic mass is 19.1. The lowest BCUT2D eigenvalue weighted by atomic mass is 10.1. The van der Waals surface area contributed by atoms with Crippen molar-refractivity contribution in [3.8, 4) is 0 Å². The third-order valence-corrected chi connectivity index (χ3v) is 4.97. The van der Waals surface area contributed by atoms with Gasteiger partial charge in [-0.2, -0.15) is 0 Å². The van der Waals surface area contributed by atoms with Crippen LogP contribution in [-0.2, 0) is 13.1 Å². The number of benzene rings is 2. The van der Waals surface area contributed by atoms with Crippen molar-refractivity contribution in [2.24, 2.45) is 0 Å². The van der Waals surface area contributed by atoms with Gasteiger partial charge in [-0.05, 0) is 35.9 Å². The average Bonchev–Trinajstić information content (AvgIpc) is 2.69. The van der Waals surface area contributed by atoms with Gasteiger partial charge in [0.1, 0.15) is 11.6 Å². The number of piperazine rings is 1. The summed E-state index contributed by atoms with van der Waals surface area (Å²) in [5, 5.41) is 2.63. The van der Waals surface area contributed by atoms with E-state index in [9.17, 15) is 13.6 Å². The Labute approximate surface area is 158 Å². The van der Waals surface area contributed by atoms with E-state index in [-0.39, 0.29) is 12.1 Å². The maximum absolute atomic E-state index is 13.6. The minimum Gasteiger partial charge on any atom is -0.348 e. The van der Waals surface area contributed by atoms with Crippen LogP contribution in [0, 0.1) is 11.6 Å². The molecule has 1 fully saturated rings. The van der Waals surface area contributed by atoms with E-state index in [1.807, 2.05) is 12.1 Å². The van der Waals surface area contributed by atoms with E-state index in [2.05, 4.69) is 34.2 Å². The van der Waals surface area contributed by atoms with E-state index in [1.165, 1.54) is 5.56 Å². The van der Waals surface area contributed by atoms with Crippen molar-refractivity contribution in [3.63, 3.8) is 0 Å². The van der Waals surface area contributed by atoms with Crippen LogP contribution in [0.25, 0.3) is 0 Å². The third kappa shape index (κ3) is 5.34. The molecular formula is C21H25F2N3O. The Hall–Kier alpha value is -2.31. The zero-order valence-electron chi connectivity index (χ0n) is 15.5. The first-order chi connectivity index (χ1) is 13.0. The number of rotatable bonds is 6. The molecular weight excluding hydrogens is 348 g/mol. The molecule has 0 atom stereocenters. The van der Waals surface area contributed by atoms with Crippen LogP contribution in [0.15, 0.2) is 42.5 Å². The van der Waals surface area contributed by atoms with Gasteiger partial charge in [0, 0.05) is 39.3 Å². The highest BCUT2D eigenvalue weighted by molar-refractivity contribution is 5.94. The summed E-state index contributed by atoms with van der Waals surface area (Å²) < 4.78 is 26.8. The molecule has 0 aromatic heterocycles. The first-order valence-corrected chi connectivity index (χ1v) is 9.31. The highest BCUT2D eigenvalue weighted by Gasteiger charge is 2.15. The van der Waals surface area contributed by atoms with Gasteiger partial charge in [-0.25, -0.2) is 8.78 Å². The van der Waals surface area contributed by atoms with Gasteiger partial charge < -0.3 is 10.2 Å². The summed E-state index contributed by atoms with van der Waals surface area (Å²) in [6.07, 6.45) is 0. The van der Waals surface area contributed by atoms with Crippen LogP contribution >= 0.6 is 0 Å². The van der Waals surface area contributed by atoms with Gasteiger partial charge in [0.25, 0.3) is 5.91 Å². The molecule has 1 heterocycles. The van der Waals surface area contributed by atoms with Crippen LogP contribution in [0.4, 0.5) is 8.78 Å². The normalized spacial score (nSPS) is 15.7. The van der Waals surface area contributed by atoms with E-state index in [0.29, 0.717) is 0 Å². The summed E-state index contributed by atoms with van der Waals surface area (Å²) >= 11 is 0. The van der Waals surface area contributed by atoms with Gasteiger partial charge in [0.05, 0.1) is 5.56 Å². The Bertz CT molecular complexity index is 771. The fourth-order valence-corrected chi connectivity index (χ4v) is 3.23. The predicted octanol–water partition coefficient (Wildman–Crippen LogP) is 3.03. The quantitative estimate of drug-likeness (QED) is 0.846. The van der Waals surface area contributed by atoms with Gasteiger partial charge in [-0.1, -0.05) is 31.2 Å². The average molecular weight is 373 g/mol. The summed E-state index contributed by atoms with van der Waals surface area (Å²) in [6.45, 7) is 8.84.